The number of aryl methyl sites for hydroxylation is 1. The molecule has 2 N–H and O–H groups in total. The molecule has 1 aromatic heterocycles. The van der Waals surface area contributed by atoms with Crippen LogP contribution in [0.5, 0.6) is 0 Å². The first-order chi connectivity index (χ1) is 8.58. The highest BCUT2D eigenvalue weighted by atomic mass is 16.1. The van der Waals surface area contributed by atoms with Crippen LogP contribution in [0, 0.1) is 6.92 Å². The minimum Gasteiger partial charge on any atom is -0.352 e. The third-order valence-electron chi connectivity index (χ3n) is 2.59. The van der Waals surface area contributed by atoms with E-state index in [1.54, 1.807) is 25.1 Å². The fourth-order valence-electron chi connectivity index (χ4n) is 1.65. The van der Waals surface area contributed by atoms with Crippen LogP contribution in [-0.2, 0) is 0 Å². The van der Waals surface area contributed by atoms with Crippen LogP contribution in [-0.4, -0.2) is 15.8 Å². The number of anilines is 2. The Morgan fingerprint density at radius 1 is 1.28 bits per heavy atom. The number of rotatable bonds is 3. The molecule has 92 valence electrons. The van der Waals surface area contributed by atoms with Crippen molar-refractivity contribution in [2.24, 2.45) is 0 Å². The molecular weight excluding hydrogens is 230 g/mol. The summed E-state index contributed by atoms with van der Waals surface area (Å²) in [4.78, 5) is 28.7. The van der Waals surface area contributed by atoms with E-state index < -0.39 is 5.69 Å². The maximum atomic E-state index is 11.5. The lowest BCUT2D eigenvalue weighted by molar-refractivity contribution is 0.101. The first-order valence-corrected chi connectivity index (χ1v) is 5.51. The van der Waals surface area contributed by atoms with Gasteiger partial charge in [0.15, 0.2) is 5.78 Å². The number of para-hydroxylation sites is 1. The van der Waals surface area contributed by atoms with E-state index in [4.69, 9.17) is 0 Å². The van der Waals surface area contributed by atoms with Gasteiger partial charge in [0.1, 0.15) is 0 Å². The van der Waals surface area contributed by atoms with Crippen molar-refractivity contribution >= 4 is 17.2 Å². The summed E-state index contributed by atoms with van der Waals surface area (Å²) in [5, 5.41) is 3.10. The van der Waals surface area contributed by atoms with Gasteiger partial charge in [-0.1, -0.05) is 12.1 Å². The molecule has 18 heavy (non-hydrogen) atoms. The smallest absolute Gasteiger partial charge is 0.345 e. The zero-order valence-electron chi connectivity index (χ0n) is 10.2. The van der Waals surface area contributed by atoms with Gasteiger partial charge in [-0.2, -0.15) is 4.98 Å². The van der Waals surface area contributed by atoms with Crippen LogP contribution in [0.25, 0.3) is 0 Å². The molecule has 0 radical (unpaired) electrons. The SMILES string of the molecule is CC(=O)c1ccccc1Nc1cnc(=O)[nH]c1C. The molecule has 1 aromatic carbocycles. The van der Waals surface area contributed by atoms with E-state index in [9.17, 15) is 9.59 Å². The zero-order chi connectivity index (χ0) is 13.1. The van der Waals surface area contributed by atoms with Crippen LogP contribution in [0.4, 0.5) is 11.4 Å². The highest BCUT2D eigenvalue weighted by molar-refractivity contribution is 6.00. The number of benzene rings is 1. The van der Waals surface area contributed by atoms with E-state index in [2.05, 4.69) is 15.3 Å². The van der Waals surface area contributed by atoms with Crippen molar-refractivity contribution in [2.75, 3.05) is 5.32 Å². The predicted molar refractivity (Wildman–Crippen MR) is 69.3 cm³/mol. The van der Waals surface area contributed by atoms with Crippen molar-refractivity contribution < 1.29 is 4.79 Å². The molecule has 2 rings (SSSR count). The normalized spacial score (nSPS) is 10.1. The number of hydrogen-bond donors (Lipinski definition) is 2. The molecule has 0 spiro atoms. The Labute approximate surface area is 104 Å². The molecule has 1 heterocycles. The first-order valence-electron chi connectivity index (χ1n) is 5.51. The van der Waals surface area contributed by atoms with Crippen LogP contribution in [0.15, 0.2) is 35.3 Å². The Bertz CT molecular complexity index is 647. The van der Waals surface area contributed by atoms with Gasteiger partial charge in [-0.15, -0.1) is 0 Å². The third-order valence-corrected chi connectivity index (χ3v) is 2.59. The van der Waals surface area contributed by atoms with Crippen molar-refractivity contribution in [3.8, 4) is 0 Å². The van der Waals surface area contributed by atoms with Gasteiger partial charge < -0.3 is 10.3 Å². The monoisotopic (exact) mass is 243 g/mol. The van der Waals surface area contributed by atoms with Crippen LogP contribution < -0.4 is 11.0 Å². The second-order valence-corrected chi connectivity index (χ2v) is 3.95. The Kier molecular flexibility index (Phi) is 3.23. The van der Waals surface area contributed by atoms with E-state index in [1.165, 1.54) is 13.1 Å². The molecule has 0 saturated carbocycles. The zero-order valence-corrected chi connectivity index (χ0v) is 10.2. The van der Waals surface area contributed by atoms with Crippen LogP contribution in [0.3, 0.4) is 0 Å². The van der Waals surface area contributed by atoms with Gasteiger partial charge in [-0.25, -0.2) is 4.79 Å². The fourth-order valence-corrected chi connectivity index (χ4v) is 1.65. The number of H-pyrrole nitrogens is 1. The lowest BCUT2D eigenvalue weighted by Crippen LogP contribution is -2.12. The maximum absolute atomic E-state index is 11.5. The third kappa shape index (κ3) is 2.45. The number of carbonyl (C=O) groups is 1. The Hall–Kier alpha value is -2.43. The predicted octanol–water partition coefficient (Wildman–Crippen LogP) is 2.02. The number of carbonyl (C=O) groups excluding carboxylic acids is 1. The minimum absolute atomic E-state index is 0.0202. The topological polar surface area (TPSA) is 74.8 Å². The first kappa shape index (κ1) is 12.0. The van der Waals surface area contributed by atoms with Crippen molar-refractivity contribution in [2.45, 2.75) is 13.8 Å². The standard InChI is InChI=1S/C13H13N3O2/c1-8-12(7-14-13(18)15-8)16-11-6-4-3-5-10(11)9(2)17/h3-7,16H,1-2H3,(H,14,15,18). The van der Waals surface area contributed by atoms with Gasteiger partial charge in [0, 0.05) is 16.9 Å². The van der Waals surface area contributed by atoms with Gasteiger partial charge >= 0.3 is 5.69 Å². The van der Waals surface area contributed by atoms with E-state index in [0.29, 0.717) is 22.6 Å². The van der Waals surface area contributed by atoms with Gasteiger partial charge in [0.05, 0.1) is 11.9 Å². The summed E-state index contributed by atoms with van der Waals surface area (Å²) < 4.78 is 0. The van der Waals surface area contributed by atoms with Crippen molar-refractivity contribution in [3.05, 3.63) is 52.2 Å². The van der Waals surface area contributed by atoms with Gasteiger partial charge in [0.2, 0.25) is 0 Å². The van der Waals surface area contributed by atoms with E-state index in [0.717, 1.165) is 0 Å². The average molecular weight is 243 g/mol. The second-order valence-electron chi connectivity index (χ2n) is 3.95. The summed E-state index contributed by atoms with van der Waals surface area (Å²) in [5.74, 6) is -0.0202. The van der Waals surface area contributed by atoms with Crippen molar-refractivity contribution in [3.63, 3.8) is 0 Å². The maximum Gasteiger partial charge on any atom is 0.345 e. The molecule has 0 saturated heterocycles. The lowest BCUT2D eigenvalue weighted by Gasteiger charge is -2.11. The summed E-state index contributed by atoms with van der Waals surface area (Å²) in [6, 6.07) is 7.20. The molecule has 2 aromatic rings. The number of nitrogens with zero attached hydrogens (tertiary/aromatic N) is 1. The molecule has 0 aliphatic rings. The Morgan fingerprint density at radius 3 is 2.67 bits per heavy atom. The summed E-state index contributed by atoms with van der Waals surface area (Å²) >= 11 is 0. The fraction of sp³-hybridized carbons (Fsp3) is 0.154. The number of aromatic nitrogens is 2. The largest absolute Gasteiger partial charge is 0.352 e. The number of ketones is 1. The second kappa shape index (κ2) is 4.83. The summed E-state index contributed by atoms with van der Waals surface area (Å²) in [5.41, 5.74) is 2.25. The number of hydrogen-bond acceptors (Lipinski definition) is 4. The minimum atomic E-state index is -0.391. The molecule has 0 atom stereocenters. The van der Waals surface area contributed by atoms with E-state index in [-0.39, 0.29) is 5.78 Å². The van der Waals surface area contributed by atoms with Crippen LogP contribution in [0.1, 0.15) is 23.0 Å². The number of Topliss-reactive ketones (excluding diaryl/α,β-unsaturated/α-hetero) is 1. The van der Waals surface area contributed by atoms with Gasteiger partial charge in [0.25, 0.3) is 0 Å². The van der Waals surface area contributed by atoms with E-state index >= 15 is 0 Å². The van der Waals surface area contributed by atoms with Gasteiger partial charge in [-0.05, 0) is 26.0 Å². The lowest BCUT2D eigenvalue weighted by atomic mass is 10.1. The van der Waals surface area contributed by atoms with Crippen LogP contribution >= 0.6 is 0 Å². The summed E-state index contributed by atoms with van der Waals surface area (Å²) in [7, 11) is 0. The number of aromatic amines is 1. The average Bonchev–Trinajstić information content (AvgIpc) is 2.33. The van der Waals surface area contributed by atoms with Crippen molar-refractivity contribution in [1.82, 2.24) is 9.97 Å². The quantitative estimate of drug-likeness (QED) is 0.809. The molecular formula is C13H13N3O2. The highest BCUT2D eigenvalue weighted by Gasteiger charge is 2.07. The summed E-state index contributed by atoms with van der Waals surface area (Å²) in [6.07, 6.45) is 1.45. The molecule has 0 bridgehead atoms. The molecule has 0 amide bonds. The highest BCUT2D eigenvalue weighted by Crippen LogP contribution is 2.21. The van der Waals surface area contributed by atoms with E-state index in [1.807, 2.05) is 6.07 Å². The molecule has 0 unspecified atom stereocenters. The van der Waals surface area contributed by atoms with Gasteiger partial charge in [-0.3, -0.25) is 4.79 Å². The molecule has 5 nitrogen and oxygen atoms in total. The number of nitrogens with one attached hydrogen (secondary N) is 2. The molecule has 0 fully saturated rings. The van der Waals surface area contributed by atoms with Crippen LogP contribution in [0.2, 0.25) is 0 Å². The molecule has 0 aliphatic heterocycles. The molecule has 0 aliphatic carbocycles. The molecule has 5 heteroatoms. The Morgan fingerprint density at radius 2 is 2.00 bits per heavy atom. The van der Waals surface area contributed by atoms with Crippen molar-refractivity contribution in [1.29, 1.82) is 0 Å². The summed E-state index contributed by atoms with van der Waals surface area (Å²) in [6.45, 7) is 3.28. The Balaban J connectivity index is 2.40.